The minimum Gasteiger partial charge on any atom is -0.479 e. The van der Waals surface area contributed by atoms with E-state index in [0.717, 1.165) is 60.1 Å². The molecule has 123 heavy (non-hydrogen) atoms. The molecule has 6 amide bonds. The number of hydrogen-bond donors (Lipinski definition) is 8. The lowest BCUT2D eigenvalue weighted by atomic mass is 10.0. The van der Waals surface area contributed by atoms with Crippen LogP contribution < -0.4 is 21.3 Å². The Morgan fingerprint density at radius 1 is 0.407 bits per heavy atom. The number of carbonyl (C=O) groups excluding carboxylic acids is 8. The van der Waals surface area contributed by atoms with Gasteiger partial charge in [-0.05, 0) is 188 Å². The summed E-state index contributed by atoms with van der Waals surface area (Å²) in [5, 5.41) is 56.9. The Morgan fingerprint density at radius 2 is 0.683 bits per heavy atom. The third-order valence-corrected chi connectivity index (χ3v) is 21.9. The minimum atomic E-state index is -1.84. The number of aliphatic hydroxyl groups is 2. The first-order valence-corrected chi connectivity index (χ1v) is 40.2. The predicted molar refractivity (Wildman–Crippen MR) is 472 cm³/mol. The van der Waals surface area contributed by atoms with Crippen LogP contribution in [0.25, 0.3) is 0 Å². The van der Waals surface area contributed by atoms with Crippen molar-refractivity contribution in [2.75, 3.05) is 53.5 Å². The highest BCUT2D eigenvalue weighted by atomic mass is 32.1. The fourth-order valence-corrected chi connectivity index (χ4v) is 15.8. The van der Waals surface area contributed by atoms with Crippen molar-refractivity contribution in [3.05, 3.63) is 161 Å². The molecule has 0 spiro atoms. The molecule has 0 radical (unpaired) electrons. The monoisotopic (exact) mass is 1810 g/mol. The Morgan fingerprint density at radius 3 is 1.01 bits per heavy atom. The number of carboxylic acid groups (broad SMARTS) is 2. The molecule has 2 aromatic carbocycles. The largest absolute Gasteiger partial charge is 0.479 e. The van der Waals surface area contributed by atoms with Gasteiger partial charge in [-0.15, -0.1) is 45.3 Å². The zero-order valence-corrected chi connectivity index (χ0v) is 67.9. The molecule has 12 rings (SSSR count). The SMILES string of the molecule is C.C.C.C.C.C.C.C.C.CC1(C)O[C@@H](C(=O)NCCc2cccs2)[C@H](C(=O)N2CCC[C@@H]2c2ccc(F)cc2)O1.CC1(C)O[C@@H](C(=O)O)[C@H](C(=O)NCCc2cccs2)O1.COC(=O)[C@@H]1OC(C)(C)O[C@H]1C(=O)NCCc1cccs1.COC(=O)[C@@H]1OC(C)(C)O[C@H]1C(=O)O.O=C(NCCc1cccs1)[C@H](O)[C@@H](O)C(=O)N1CCC[C@@H]1c1ccc(F)cc1. The molecule has 6 fully saturated rings. The third kappa shape index (κ3) is 34.0. The molecule has 0 saturated carbocycles. The average Bonchev–Trinajstić information content (AvgIpc) is 1.63. The highest BCUT2D eigenvalue weighted by Crippen LogP contribution is 2.38. The van der Waals surface area contributed by atoms with Gasteiger partial charge in [0.2, 0.25) is 0 Å². The Labute approximate surface area is 740 Å². The van der Waals surface area contributed by atoms with Crippen molar-refractivity contribution < 1.29 is 125 Å². The first kappa shape index (κ1) is 116. The summed E-state index contributed by atoms with van der Waals surface area (Å²) in [6.07, 6.45) is -6.85. The zero-order valence-electron chi connectivity index (χ0n) is 64.6. The summed E-state index contributed by atoms with van der Waals surface area (Å²) >= 11 is 6.44. The summed E-state index contributed by atoms with van der Waals surface area (Å²) in [7, 11) is 2.42. The number of thiophene rings is 4. The standard InChI is InChI=1S/C23H27FN2O4S.C20H23FN2O4S.C14H19NO5S.C13H17NO5S.C8H12O6.9CH4/c1-23(2)29-19(21(27)25-12-11-17-5-4-14-31-17)20(30-23)22(28)26-13-3-6-18(26)15-7-9-16(24)10-8-15;21-14-7-5-13(6-8-14)16-4-1-11-23(16)20(27)18(25)17(24)19(26)22-10-9-15-3-2-12-28-15;1-14(2)19-10(11(20-14)13(17)18-3)12(16)15-7-6-9-5-4-8-21-9;1-13(2)18-9(10(19-13)12(16)17)11(15)14-6-5-8-4-3-7-20-8;1-8(2)13-4(6(9)10)5(14-8)7(11)12-3;;;;;;;;;/h4-5,7-10,14,18-20H,3,6,11-13H2,1-2H3,(H,25,27);2-3,5-8,12,16-18,24-25H,1,4,9-11H2,(H,22,26);4-5,8,10-11H,6-7H2,1-3H3,(H,15,16);3-4,7,9-10H,5-6H2,1-2H3,(H,14,15)(H,16,17);4-5H,1-3H3,(H,9,10);9*1H4/t18-,19-,20-;16-,17-,18-;10-,11-;9-,10-;4-,5-;;;;;;;;;/m11111........./s1. The first-order chi connectivity index (χ1) is 54.0. The van der Waals surface area contributed by atoms with Crippen molar-refractivity contribution >= 4 is 105 Å². The van der Waals surface area contributed by atoms with E-state index in [9.17, 15) is 66.9 Å². The van der Waals surface area contributed by atoms with Gasteiger partial charge in [0.15, 0.2) is 84.2 Å². The highest BCUT2D eigenvalue weighted by molar-refractivity contribution is 7.10. The van der Waals surface area contributed by atoms with Gasteiger partial charge in [0.25, 0.3) is 35.4 Å². The van der Waals surface area contributed by atoms with Crippen molar-refractivity contribution in [1.82, 2.24) is 31.1 Å². The van der Waals surface area contributed by atoms with E-state index in [1.165, 1.54) is 59.9 Å². The molecule has 0 bridgehead atoms. The van der Waals surface area contributed by atoms with Crippen molar-refractivity contribution in [2.24, 2.45) is 0 Å². The van der Waals surface area contributed by atoms with Gasteiger partial charge in [0, 0.05) is 58.8 Å². The van der Waals surface area contributed by atoms with Crippen LogP contribution in [0, 0.1) is 11.6 Å². The van der Waals surface area contributed by atoms with E-state index in [-0.39, 0.29) is 108 Å². The van der Waals surface area contributed by atoms with E-state index < -0.39 is 126 Å². The number of ether oxygens (including phenoxy) is 10. The fraction of sp³-hybridized carbons (Fsp3) is 0.563. The number of carbonyl (C=O) groups is 10. The number of nitrogens with one attached hydrogen (secondary N) is 4. The Hall–Kier alpha value is -8.60. The van der Waals surface area contributed by atoms with Gasteiger partial charge in [-0.25, -0.2) is 28.0 Å². The Kier molecular flexibility index (Phi) is 50.8. The number of benzene rings is 2. The molecule has 4 aromatic heterocycles. The molecule has 12 atom stereocenters. The van der Waals surface area contributed by atoms with Gasteiger partial charge in [0.05, 0.1) is 26.3 Å². The molecule has 0 unspecified atom stereocenters. The predicted octanol–water partition coefficient (Wildman–Crippen LogP) is 12.7. The maximum Gasteiger partial charge on any atom is 0.338 e. The summed E-state index contributed by atoms with van der Waals surface area (Å²) in [5.74, 6) is -11.6. The number of carboxylic acids is 2. The summed E-state index contributed by atoms with van der Waals surface area (Å²) in [5.41, 5.74) is 1.64. The zero-order chi connectivity index (χ0) is 83.2. The molecule has 6 aromatic rings. The van der Waals surface area contributed by atoms with Gasteiger partial charge < -0.3 is 98.9 Å². The number of esters is 2. The lowest BCUT2D eigenvalue weighted by Gasteiger charge is -2.28. The van der Waals surface area contributed by atoms with Crippen LogP contribution in [0.3, 0.4) is 0 Å². The molecule has 694 valence electrons. The number of hydrogen-bond acceptors (Lipinski definition) is 26. The van der Waals surface area contributed by atoms with E-state index in [1.807, 2.05) is 70.1 Å². The number of halogens is 2. The van der Waals surface area contributed by atoms with Crippen LogP contribution in [0.15, 0.2) is 119 Å². The Bertz CT molecular complexity index is 4140. The van der Waals surface area contributed by atoms with Gasteiger partial charge in [-0.3, -0.25) is 28.8 Å². The summed E-state index contributed by atoms with van der Waals surface area (Å²) in [6, 6.07) is 27.3. The quantitative estimate of drug-likeness (QED) is 0.0247. The number of rotatable bonds is 25. The number of likely N-dealkylation sites (tertiary alicyclic amines) is 2. The fourth-order valence-electron chi connectivity index (χ4n) is 12.9. The van der Waals surface area contributed by atoms with Crippen LogP contribution in [0.1, 0.15) is 191 Å². The van der Waals surface area contributed by atoms with Crippen molar-refractivity contribution in [2.45, 2.75) is 270 Å². The second-order valence-corrected chi connectivity index (χ2v) is 32.6. The number of amides is 6. The van der Waals surface area contributed by atoms with Gasteiger partial charge in [-0.1, -0.05) is 115 Å². The maximum absolute atomic E-state index is 13.4. The van der Waals surface area contributed by atoms with E-state index in [1.54, 1.807) is 116 Å². The average molecular weight is 1810 g/mol. The minimum absolute atomic E-state index is 0. The van der Waals surface area contributed by atoms with Crippen molar-refractivity contribution in [3.63, 3.8) is 0 Å². The third-order valence-electron chi connectivity index (χ3n) is 18.2. The molecule has 0 aliphatic carbocycles. The molecule has 6 saturated heterocycles. The van der Waals surface area contributed by atoms with Crippen LogP contribution in [0.5, 0.6) is 0 Å². The van der Waals surface area contributed by atoms with Gasteiger partial charge in [0.1, 0.15) is 11.6 Å². The second kappa shape index (κ2) is 53.7. The first-order valence-electron chi connectivity index (χ1n) is 36.7. The van der Waals surface area contributed by atoms with Crippen LogP contribution in [-0.2, 0) is 121 Å². The van der Waals surface area contributed by atoms with E-state index in [2.05, 4.69) is 30.7 Å². The van der Waals surface area contributed by atoms with E-state index in [0.29, 0.717) is 58.5 Å². The molecule has 36 heteroatoms. The topological polar surface area (TPSA) is 399 Å². The van der Waals surface area contributed by atoms with Gasteiger partial charge in [-0.2, -0.15) is 0 Å². The van der Waals surface area contributed by atoms with Crippen LogP contribution >= 0.6 is 45.3 Å². The maximum atomic E-state index is 13.4. The molecule has 10 heterocycles. The van der Waals surface area contributed by atoms with Crippen molar-refractivity contribution in [3.8, 4) is 0 Å². The Balaban J connectivity index is 0. The van der Waals surface area contributed by atoms with E-state index >= 15 is 0 Å². The molecular weight excluding hydrogens is 1680 g/mol. The lowest BCUT2D eigenvalue weighted by Crippen LogP contribution is -2.50. The number of aliphatic hydroxyl groups excluding tert-OH is 2. The smallest absolute Gasteiger partial charge is 0.338 e. The molecule has 8 N–H and O–H groups in total. The number of nitrogens with zero attached hydrogens (tertiary/aromatic N) is 2. The summed E-state index contributed by atoms with van der Waals surface area (Å²) in [6.45, 7) is 15.6. The molecular formula is C87H134F2N6O24S4. The number of methoxy groups -OCH3 is 2. The normalized spacial score (nSPS) is 22.0. The van der Waals surface area contributed by atoms with Crippen LogP contribution in [-0.4, -0.2) is 227 Å². The van der Waals surface area contributed by atoms with Crippen LogP contribution in [0.2, 0.25) is 0 Å². The molecule has 30 nitrogen and oxygen atoms in total. The summed E-state index contributed by atoms with van der Waals surface area (Å²) in [4.78, 5) is 128. The summed E-state index contributed by atoms with van der Waals surface area (Å²) < 4.78 is 78.9. The van der Waals surface area contributed by atoms with Crippen LogP contribution in [0.4, 0.5) is 8.78 Å². The molecule has 6 aliphatic heterocycles. The van der Waals surface area contributed by atoms with Crippen molar-refractivity contribution in [1.29, 1.82) is 0 Å². The molecule has 6 aliphatic rings. The van der Waals surface area contributed by atoms with E-state index in [4.69, 9.17) is 48.1 Å². The number of aliphatic carboxylic acids is 2. The lowest BCUT2D eigenvalue weighted by molar-refractivity contribution is -0.170. The highest BCUT2D eigenvalue weighted by Gasteiger charge is 2.54. The van der Waals surface area contributed by atoms with Gasteiger partial charge >= 0.3 is 23.9 Å². The second-order valence-electron chi connectivity index (χ2n) is 28.5.